The van der Waals surface area contributed by atoms with Gasteiger partial charge in [-0.05, 0) is 17.2 Å². The average Bonchev–Trinajstić information content (AvgIpc) is 2.52. The summed E-state index contributed by atoms with van der Waals surface area (Å²) in [5, 5.41) is 4.50. The lowest BCUT2D eigenvalue weighted by molar-refractivity contribution is 1.11. The van der Waals surface area contributed by atoms with Gasteiger partial charge in [-0.25, -0.2) is 0 Å². The number of para-hydroxylation sites is 1. The molecule has 0 aliphatic rings. The van der Waals surface area contributed by atoms with Crippen molar-refractivity contribution in [3.63, 3.8) is 0 Å². The van der Waals surface area contributed by atoms with Crippen LogP contribution in [0.4, 0.5) is 5.69 Å². The van der Waals surface area contributed by atoms with Gasteiger partial charge >= 0.3 is 0 Å². The van der Waals surface area contributed by atoms with Crippen LogP contribution >= 0.6 is 0 Å². The summed E-state index contributed by atoms with van der Waals surface area (Å²) in [5.41, 5.74) is 11.1. The van der Waals surface area contributed by atoms with E-state index in [-0.39, 0.29) is 5.56 Å². The second-order valence-electron chi connectivity index (χ2n) is 4.68. The number of nitrogens with one attached hydrogen (secondary N) is 1. The number of aromatic nitrogens is 1. The zero-order chi connectivity index (χ0) is 14.7. The Morgan fingerprint density at radius 3 is 2.52 bits per heavy atom. The van der Waals surface area contributed by atoms with Gasteiger partial charge in [0.2, 0.25) is 0 Å². The summed E-state index contributed by atoms with van der Waals surface area (Å²) in [4.78, 5) is 18.0. The third-order valence-corrected chi connectivity index (χ3v) is 3.36. The van der Waals surface area contributed by atoms with Gasteiger partial charge in [0.05, 0.1) is 5.69 Å². The topological polar surface area (TPSA) is 81.6 Å². The highest BCUT2D eigenvalue weighted by molar-refractivity contribution is 5.91. The number of H-pyrrole nitrogens is 1. The fraction of sp³-hybridized carbons (Fsp3) is 0.0625. The van der Waals surface area contributed by atoms with Crippen LogP contribution in [0.2, 0.25) is 0 Å². The van der Waals surface area contributed by atoms with Crippen molar-refractivity contribution in [1.29, 1.82) is 0 Å². The maximum atomic E-state index is 12.3. The quantitative estimate of drug-likeness (QED) is 0.437. The Morgan fingerprint density at radius 1 is 1.05 bits per heavy atom. The predicted molar refractivity (Wildman–Crippen MR) is 82.6 cm³/mol. The van der Waals surface area contributed by atoms with Crippen molar-refractivity contribution in [1.82, 2.24) is 4.98 Å². The smallest absolute Gasteiger partial charge is 0.252 e. The van der Waals surface area contributed by atoms with Crippen LogP contribution in [-0.2, 0) is 6.42 Å². The van der Waals surface area contributed by atoms with Crippen LogP contribution in [0.1, 0.15) is 11.1 Å². The third-order valence-electron chi connectivity index (χ3n) is 3.36. The summed E-state index contributed by atoms with van der Waals surface area (Å²) in [6.45, 7) is 0. The highest BCUT2D eigenvalue weighted by Gasteiger charge is 2.11. The molecule has 3 rings (SSSR count). The number of rotatable bonds is 3. The van der Waals surface area contributed by atoms with E-state index in [1.54, 1.807) is 6.07 Å². The van der Waals surface area contributed by atoms with E-state index < -0.39 is 0 Å². The standard InChI is InChI=1S/C16H12N4O/c17-20-19-15-12-8-4-5-9-14(12)18-16(21)13(15)10-11-6-2-1-3-7-11/h1-9H,10H2,(H,18,21). The van der Waals surface area contributed by atoms with E-state index in [0.717, 1.165) is 10.9 Å². The fourth-order valence-electron chi connectivity index (χ4n) is 2.39. The predicted octanol–water partition coefficient (Wildman–Crippen LogP) is 4.06. The molecule has 0 amide bonds. The van der Waals surface area contributed by atoms with Gasteiger partial charge in [0, 0.05) is 27.8 Å². The van der Waals surface area contributed by atoms with Crippen molar-refractivity contribution >= 4 is 16.6 Å². The van der Waals surface area contributed by atoms with Gasteiger partial charge in [-0.3, -0.25) is 4.79 Å². The second-order valence-corrected chi connectivity index (χ2v) is 4.68. The minimum absolute atomic E-state index is 0.222. The number of hydrogen-bond acceptors (Lipinski definition) is 2. The molecule has 0 atom stereocenters. The SMILES string of the molecule is [N-]=[N+]=Nc1c(Cc2ccccc2)c(=O)[nH]c2ccccc12. The molecule has 1 aromatic heterocycles. The molecule has 5 nitrogen and oxygen atoms in total. The molecule has 1 heterocycles. The molecular formula is C16H12N4O. The third kappa shape index (κ3) is 2.50. The molecule has 1 N–H and O–H groups in total. The van der Waals surface area contributed by atoms with Gasteiger partial charge in [-0.2, -0.15) is 0 Å². The summed E-state index contributed by atoms with van der Waals surface area (Å²) < 4.78 is 0. The Hall–Kier alpha value is -3.04. The number of nitrogens with zero attached hydrogens (tertiary/aromatic N) is 3. The zero-order valence-electron chi connectivity index (χ0n) is 11.2. The van der Waals surface area contributed by atoms with E-state index in [9.17, 15) is 4.79 Å². The maximum absolute atomic E-state index is 12.3. The van der Waals surface area contributed by atoms with Gasteiger partial charge in [0.25, 0.3) is 5.56 Å². The number of fused-ring (bicyclic) bond motifs is 1. The minimum atomic E-state index is -0.222. The molecule has 5 heteroatoms. The average molecular weight is 276 g/mol. The van der Waals surface area contributed by atoms with Crippen molar-refractivity contribution in [2.75, 3.05) is 0 Å². The molecule has 2 aromatic carbocycles. The van der Waals surface area contributed by atoms with E-state index in [0.29, 0.717) is 23.2 Å². The molecule has 0 aliphatic heterocycles. The molecule has 0 radical (unpaired) electrons. The van der Waals surface area contributed by atoms with E-state index in [1.807, 2.05) is 48.5 Å². The van der Waals surface area contributed by atoms with Crippen molar-refractivity contribution in [3.8, 4) is 0 Å². The number of benzene rings is 2. The lowest BCUT2D eigenvalue weighted by Gasteiger charge is -2.08. The van der Waals surface area contributed by atoms with Gasteiger partial charge in [0.1, 0.15) is 0 Å². The molecule has 0 aliphatic carbocycles. The molecule has 3 aromatic rings. The summed E-state index contributed by atoms with van der Waals surface area (Å²) in [5.74, 6) is 0. The Bertz CT molecular complexity index is 893. The summed E-state index contributed by atoms with van der Waals surface area (Å²) >= 11 is 0. The Balaban J connectivity index is 2.26. The summed E-state index contributed by atoms with van der Waals surface area (Å²) in [6.07, 6.45) is 0.426. The molecular weight excluding hydrogens is 264 g/mol. The second kappa shape index (κ2) is 5.53. The van der Waals surface area contributed by atoms with Crippen molar-refractivity contribution in [2.24, 2.45) is 5.11 Å². The van der Waals surface area contributed by atoms with Crippen molar-refractivity contribution in [3.05, 3.63) is 86.5 Å². The van der Waals surface area contributed by atoms with Crippen LogP contribution in [0.5, 0.6) is 0 Å². The molecule has 0 fully saturated rings. The first kappa shape index (κ1) is 13.0. The first-order valence-electron chi connectivity index (χ1n) is 6.52. The molecule has 21 heavy (non-hydrogen) atoms. The first-order chi connectivity index (χ1) is 10.3. The molecule has 102 valence electrons. The van der Waals surface area contributed by atoms with Crippen LogP contribution in [0, 0.1) is 0 Å². The van der Waals surface area contributed by atoms with Crippen LogP contribution in [0.3, 0.4) is 0 Å². The van der Waals surface area contributed by atoms with E-state index in [4.69, 9.17) is 5.53 Å². The van der Waals surface area contributed by atoms with Gasteiger partial charge < -0.3 is 4.98 Å². The van der Waals surface area contributed by atoms with E-state index in [1.165, 1.54) is 0 Å². The number of azide groups is 1. The van der Waals surface area contributed by atoms with Crippen molar-refractivity contribution in [2.45, 2.75) is 6.42 Å². The fourth-order valence-corrected chi connectivity index (χ4v) is 2.39. The van der Waals surface area contributed by atoms with Crippen molar-refractivity contribution < 1.29 is 0 Å². The number of aromatic amines is 1. The lowest BCUT2D eigenvalue weighted by atomic mass is 10.0. The Morgan fingerprint density at radius 2 is 1.76 bits per heavy atom. The van der Waals surface area contributed by atoms with Crippen LogP contribution in [-0.4, -0.2) is 4.98 Å². The zero-order valence-corrected chi connectivity index (χ0v) is 11.2. The first-order valence-corrected chi connectivity index (χ1v) is 6.52. The van der Waals surface area contributed by atoms with Gasteiger partial charge in [0.15, 0.2) is 0 Å². The molecule has 0 unspecified atom stereocenters. The minimum Gasteiger partial charge on any atom is -0.322 e. The van der Waals surface area contributed by atoms with Gasteiger partial charge in [-0.15, -0.1) is 0 Å². The lowest BCUT2D eigenvalue weighted by Crippen LogP contribution is -2.13. The number of pyridine rings is 1. The summed E-state index contributed by atoms with van der Waals surface area (Å²) in [7, 11) is 0. The highest BCUT2D eigenvalue weighted by atomic mass is 16.1. The largest absolute Gasteiger partial charge is 0.322 e. The van der Waals surface area contributed by atoms with Gasteiger partial charge in [-0.1, -0.05) is 53.6 Å². The van der Waals surface area contributed by atoms with E-state index in [2.05, 4.69) is 15.0 Å². The molecule has 0 bridgehead atoms. The molecule has 0 saturated heterocycles. The monoisotopic (exact) mass is 276 g/mol. The van der Waals surface area contributed by atoms with E-state index >= 15 is 0 Å². The Labute approximate surface area is 120 Å². The Kier molecular flexibility index (Phi) is 3.41. The molecule has 0 saturated carbocycles. The normalized spacial score (nSPS) is 10.3. The molecule has 0 spiro atoms. The van der Waals surface area contributed by atoms with Crippen LogP contribution in [0.15, 0.2) is 64.5 Å². The van der Waals surface area contributed by atoms with Crippen LogP contribution in [0.25, 0.3) is 21.3 Å². The summed E-state index contributed by atoms with van der Waals surface area (Å²) in [6, 6.07) is 16.9. The number of hydrogen-bond donors (Lipinski definition) is 1. The highest BCUT2D eigenvalue weighted by Crippen LogP contribution is 2.28. The van der Waals surface area contributed by atoms with Crippen LogP contribution < -0.4 is 5.56 Å². The maximum Gasteiger partial charge on any atom is 0.252 e.